The van der Waals surface area contributed by atoms with Gasteiger partial charge in [-0.2, -0.15) is 0 Å². The highest BCUT2D eigenvalue weighted by Gasteiger charge is 2.46. The molecule has 5 aromatic rings. The number of nitrogens with zero attached hydrogens (tertiary/aromatic N) is 2. The summed E-state index contributed by atoms with van der Waals surface area (Å²) in [6, 6.07) is 17.6. The Morgan fingerprint density at radius 1 is 1.00 bits per heavy atom. The van der Waals surface area contributed by atoms with E-state index in [-0.39, 0.29) is 16.8 Å². The fourth-order valence-electron chi connectivity index (χ4n) is 4.86. The summed E-state index contributed by atoms with van der Waals surface area (Å²) in [5.41, 5.74) is 2.95. The van der Waals surface area contributed by atoms with Crippen molar-refractivity contribution in [3.8, 4) is 11.5 Å². The van der Waals surface area contributed by atoms with Gasteiger partial charge in [0, 0.05) is 5.56 Å². The van der Waals surface area contributed by atoms with Crippen molar-refractivity contribution in [2.45, 2.75) is 25.8 Å². The van der Waals surface area contributed by atoms with Crippen molar-refractivity contribution in [3.63, 3.8) is 0 Å². The molecule has 0 fully saturated rings. The summed E-state index contributed by atoms with van der Waals surface area (Å²) in [4.78, 5) is 34.2. The minimum Gasteiger partial charge on any atom is -0.497 e. The summed E-state index contributed by atoms with van der Waals surface area (Å²) in [7, 11) is 3.13. The Morgan fingerprint density at radius 3 is 2.57 bits per heavy atom. The van der Waals surface area contributed by atoms with E-state index in [4.69, 9.17) is 18.9 Å². The number of para-hydroxylation sites is 1. The lowest BCUT2D eigenvalue weighted by atomic mass is 9.97. The summed E-state index contributed by atoms with van der Waals surface area (Å²) in [6.07, 6.45) is 0. The summed E-state index contributed by atoms with van der Waals surface area (Å²) >= 11 is 1.41. The van der Waals surface area contributed by atoms with E-state index < -0.39 is 11.9 Å². The minimum atomic E-state index is -0.807. The molecule has 7 nitrogen and oxygen atoms in total. The molecule has 3 heterocycles. The second-order valence-electron chi connectivity index (χ2n) is 9.23. The summed E-state index contributed by atoms with van der Waals surface area (Å²) < 4.78 is 18.2. The lowest BCUT2D eigenvalue weighted by Gasteiger charge is -2.24. The Kier molecular flexibility index (Phi) is 5.49. The quantitative estimate of drug-likeness (QED) is 0.275. The second-order valence-corrected chi connectivity index (χ2v) is 10.2. The van der Waals surface area contributed by atoms with E-state index in [2.05, 4.69) is 26.0 Å². The molecule has 0 N–H and O–H groups in total. The zero-order chi connectivity index (χ0) is 25.8. The molecule has 2 aromatic heterocycles. The van der Waals surface area contributed by atoms with E-state index in [1.165, 1.54) is 16.9 Å². The third kappa shape index (κ3) is 3.59. The third-order valence-electron chi connectivity index (χ3n) is 6.78. The Labute approximate surface area is 216 Å². The number of carbonyl (C=O) groups is 1. The average Bonchev–Trinajstić information content (AvgIpc) is 3.46. The van der Waals surface area contributed by atoms with Gasteiger partial charge in [0.1, 0.15) is 23.1 Å². The second kappa shape index (κ2) is 8.74. The van der Waals surface area contributed by atoms with Gasteiger partial charge in [0.2, 0.25) is 5.76 Å². The molecule has 1 amide bonds. The monoisotopic (exact) mass is 512 g/mol. The van der Waals surface area contributed by atoms with Crippen LogP contribution in [0.1, 0.15) is 53.1 Å². The zero-order valence-corrected chi connectivity index (χ0v) is 21.6. The van der Waals surface area contributed by atoms with Gasteiger partial charge in [-0.25, -0.2) is 4.98 Å². The Morgan fingerprint density at radius 2 is 1.81 bits per heavy atom. The molecular weight excluding hydrogens is 488 g/mol. The van der Waals surface area contributed by atoms with Gasteiger partial charge in [0.25, 0.3) is 5.91 Å². The van der Waals surface area contributed by atoms with Gasteiger partial charge < -0.3 is 13.9 Å². The van der Waals surface area contributed by atoms with Crippen LogP contribution in [0.4, 0.5) is 5.13 Å². The standard InChI is InChI=1S/C29H24N2O5S/c1-15(2)16-9-11-20-23(13-16)37-29(30-20)31-25(19-14-17(34-3)10-12-21(19)35-4)24-26(32)18-7-5-6-8-22(18)36-27(24)28(31)33/h5-15,25H,1-4H3. The molecule has 0 spiro atoms. The maximum atomic E-state index is 14.0. The number of methoxy groups -OCH3 is 2. The molecule has 186 valence electrons. The molecule has 0 saturated carbocycles. The van der Waals surface area contributed by atoms with Gasteiger partial charge in [-0.3, -0.25) is 14.5 Å². The topological polar surface area (TPSA) is 81.9 Å². The Balaban J connectivity index is 1.64. The Hall–Kier alpha value is -4.17. The fraction of sp³-hybridized carbons (Fsp3) is 0.207. The molecule has 1 atom stereocenters. The first-order valence-corrected chi connectivity index (χ1v) is 12.7. The SMILES string of the molecule is COc1ccc(OC)c(C2c3c(oc4ccccc4c3=O)C(=O)N2c2nc3ccc(C(C)C)cc3s2)c1. The lowest BCUT2D eigenvalue weighted by Crippen LogP contribution is -2.29. The Bertz CT molecular complexity index is 1750. The molecule has 0 radical (unpaired) electrons. The van der Waals surface area contributed by atoms with E-state index >= 15 is 0 Å². The number of hydrogen-bond acceptors (Lipinski definition) is 7. The number of amides is 1. The van der Waals surface area contributed by atoms with E-state index in [1.807, 2.05) is 6.07 Å². The first-order chi connectivity index (χ1) is 17.9. The van der Waals surface area contributed by atoms with Crippen LogP contribution >= 0.6 is 11.3 Å². The largest absolute Gasteiger partial charge is 0.497 e. The molecule has 37 heavy (non-hydrogen) atoms. The number of fused-ring (bicyclic) bond motifs is 3. The lowest BCUT2D eigenvalue weighted by molar-refractivity contribution is 0.0971. The molecule has 1 aliphatic rings. The van der Waals surface area contributed by atoms with Crippen LogP contribution in [0.2, 0.25) is 0 Å². The van der Waals surface area contributed by atoms with Crippen LogP contribution < -0.4 is 19.8 Å². The van der Waals surface area contributed by atoms with Crippen molar-refractivity contribution in [2.75, 3.05) is 19.1 Å². The van der Waals surface area contributed by atoms with E-state index in [1.54, 1.807) is 61.6 Å². The number of rotatable bonds is 5. The molecule has 0 bridgehead atoms. The van der Waals surface area contributed by atoms with Gasteiger partial charge in [-0.05, 0) is 53.9 Å². The highest BCUT2D eigenvalue weighted by molar-refractivity contribution is 7.22. The number of aromatic nitrogens is 1. The molecule has 0 aliphatic carbocycles. The van der Waals surface area contributed by atoms with Crippen LogP contribution in [0.5, 0.6) is 11.5 Å². The molecule has 1 unspecified atom stereocenters. The molecule has 8 heteroatoms. The predicted molar refractivity (Wildman–Crippen MR) is 144 cm³/mol. The molecule has 1 aliphatic heterocycles. The third-order valence-corrected chi connectivity index (χ3v) is 7.80. The number of benzene rings is 3. The average molecular weight is 513 g/mol. The number of hydrogen-bond donors (Lipinski definition) is 0. The minimum absolute atomic E-state index is 0.0145. The number of ether oxygens (including phenoxy) is 2. The van der Waals surface area contributed by atoms with Crippen molar-refractivity contribution in [1.29, 1.82) is 0 Å². The molecular formula is C29H24N2O5S. The number of anilines is 1. The van der Waals surface area contributed by atoms with Gasteiger partial charge in [-0.15, -0.1) is 0 Å². The first-order valence-electron chi connectivity index (χ1n) is 11.9. The fourth-order valence-corrected chi connectivity index (χ4v) is 5.90. The van der Waals surface area contributed by atoms with E-state index in [0.717, 1.165) is 10.2 Å². The smallest absolute Gasteiger partial charge is 0.297 e. The van der Waals surface area contributed by atoms with E-state index in [9.17, 15) is 9.59 Å². The van der Waals surface area contributed by atoms with E-state index in [0.29, 0.717) is 39.1 Å². The summed E-state index contributed by atoms with van der Waals surface area (Å²) in [6.45, 7) is 4.27. The number of thiazole rings is 1. The number of carbonyl (C=O) groups excluding carboxylic acids is 1. The van der Waals surface area contributed by atoms with Crippen molar-refractivity contribution in [3.05, 3.63) is 93.3 Å². The maximum absolute atomic E-state index is 14.0. The first kappa shape index (κ1) is 23.2. The van der Waals surface area contributed by atoms with Gasteiger partial charge in [-0.1, -0.05) is 43.4 Å². The van der Waals surface area contributed by atoms with Crippen LogP contribution in [-0.2, 0) is 0 Å². The summed E-state index contributed by atoms with van der Waals surface area (Å²) in [5.74, 6) is 1.05. The zero-order valence-electron chi connectivity index (χ0n) is 20.8. The highest BCUT2D eigenvalue weighted by Crippen LogP contribution is 2.46. The van der Waals surface area contributed by atoms with Crippen LogP contribution in [0.25, 0.3) is 21.2 Å². The van der Waals surface area contributed by atoms with Crippen LogP contribution in [0.3, 0.4) is 0 Å². The van der Waals surface area contributed by atoms with Crippen molar-refractivity contribution >= 4 is 43.6 Å². The van der Waals surface area contributed by atoms with Gasteiger partial charge in [0.05, 0.1) is 35.4 Å². The van der Waals surface area contributed by atoms with Gasteiger partial charge in [0.15, 0.2) is 10.6 Å². The molecule has 0 saturated heterocycles. The van der Waals surface area contributed by atoms with Crippen molar-refractivity contribution < 1.29 is 18.7 Å². The molecule has 6 rings (SSSR count). The van der Waals surface area contributed by atoms with Crippen molar-refractivity contribution in [2.24, 2.45) is 0 Å². The van der Waals surface area contributed by atoms with Crippen molar-refractivity contribution in [1.82, 2.24) is 4.98 Å². The summed E-state index contributed by atoms with van der Waals surface area (Å²) in [5, 5.41) is 0.888. The highest BCUT2D eigenvalue weighted by atomic mass is 32.1. The molecule has 3 aromatic carbocycles. The predicted octanol–water partition coefficient (Wildman–Crippen LogP) is 6.29. The maximum Gasteiger partial charge on any atom is 0.297 e. The van der Waals surface area contributed by atoms with Gasteiger partial charge >= 0.3 is 0 Å². The van der Waals surface area contributed by atoms with Crippen LogP contribution in [0, 0.1) is 0 Å². The van der Waals surface area contributed by atoms with Crippen LogP contribution in [-0.4, -0.2) is 25.1 Å². The normalized spacial score (nSPS) is 15.1. The van der Waals surface area contributed by atoms with Crippen LogP contribution in [0.15, 0.2) is 69.9 Å².